The van der Waals surface area contributed by atoms with Crippen molar-refractivity contribution in [3.8, 4) is 6.07 Å². The minimum atomic E-state index is -0.355. The van der Waals surface area contributed by atoms with Crippen LogP contribution in [0.15, 0.2) is 47.2 Å². The van der Waals surface area contributed by atoms with Crippen molar-refractivity contribution < 1.29 is 4.79 Å². The van der Waals surface area contributed by atoms with Crippen LogP contribution in [-0.2, 0) is 0 Å². The molecule has 0 aliphatic carbocycles. The predicted molar refractivity (Wildman–Crippen MR) is 71.0 cm³/mol. The Bertz CT molecular complexity index is 634. The van der Waals surface area contributed by atoms with Crippen LogP contribution in [0, 0.1) is 11.3 Å². The van der Waals surface area contributed by atoms with Gasteiger partial charge in [-0.2, -0.15) is 5.26 Å². The summed E-state index contributed by atoms with van der Waals surface area (Å²) in [5.74, 6) is -0.355. The molecule has 5 heteroatoms. The van der Waals surface area contributed by atoms with Crippen LogP contribution in [0.4, 0.5) is 5.69 Å². The summed E-state index contributed by atoms with van der Waals surface area (Å²) in [4.78, 5) is 15.9. The summed E-state index contributed by atoms with van der Waals surface area (Å²) >= 11 is 3.34. The van der Waals surface area contributed by atoms with Crippen molar-refractivity contribution in [1.82, 2.24) is 4.98 Å². The van der Waals surface area contributed by atoms with Gasteiger partial charge in [0.2, 0.25) is 0 Å². The lowest BCUT2D eigenvalue weighted by Crippen LogP contribution is -2.14. The van der Waals surface area contributed by atoms with E-state index < -0.39 is 0 Å². The van der Waals surface area contributed by atoms with Gasteiger partial charge in [0.15, 0.2) is 0 Å². The molecule has 0 bridgehead atoms. The number of hydrogen-bond acceptors (Lipinski definition) is 3. The van der Waals surface area contributed by atoms with Crippen molar-refractivity contribution >= 4 is 27.5 Å². The zero-order chi connectivity index (χ0) is 13.0. The first-order valence-electron chi connectivity index (χ1n) is 5.12. The molecule has 18 heavy (non-hydrogen) atoms. The summed E-state index contributed by atoms with van der Waals surface area (Å²) in [5.41, 5.74) is 1.21. The van der Waals surface area contributed by atoms with Crippen molar-refractivity contribution in [3.05, 3.63) is 58.3 Å². The highest BCUT2D eigenvalue weighted by atomic mass is 79.9. The third-order valence-corrected chi connectivity index (χ3v) is 3.00. The number of halogens is 1. The molecule has 0 saturated heterocycles. The first-order valence-corrected chi connectivity index (χ1v) is 5.91. The minimum absolute atomic E-state index is 0.260. The highest BCUT2D eigenvalue weighted by Crippen LogP contribution is 2.22. The second-order valence-electron chi connectivity index (χ2n) is 3.47. The van der Waals surface area contributed by atoms with Gasteiger partial charge in [-0.05, 0) is 34.1 Å². The fourth-order valence-electron chi connectivity index (χ4n) is 1.43. The summed E-state index contributed by atoms with van der Waals surface area (Å²) in [6.07, 6.45) is 2.86. The number of aromatic nitrogens is 1. The Balaban J connectivity index is 2.29. The molecule has 4 nitrogen and oxygen atoms in total. The molecule has 88 valence electrons. The van der Waals surface area contributed by atoms with Crippen molar-refractivity contribution in [2.24, 2.45) is 0 Å². The predicted octanol–water partition coefficient (Wildman–Crippen LogP) is 2.97. The van der Waals surface area contributed by atoms with E-state index in [1.165, 1.54) is 18.5 Å². The molecule has 2 rings (SSSR count). The molecule has 0 atom stereocenters. The van der Waals surface area contributed by atoms with Gasteiger partial charge in [-0.25, -0.2) is 0 Å². The maximum atomic E-state index is 12.0. The van der Waals surface area contributed by atoms with Crippen LogP contribution in [0.3, 0.4) is 0 Å². The van der Waals surface area contributed by atoms with E-state index in [0.29, 0.717) is 11.3 Å². The van der Waals surface area contributed by atoms with E-state index in [1.807, 2.05) is 24.3 Å². The second kappa shape index (κ2) is 5.43. The van der Waals surface area contributed by atoms with Crippen LogP contribution >= 0.6 is 15.9 Å². The molecular weight excluding hydrogens is 294 g/mol. The molecule has 1 aromatic carbocycles. The molecule has 1 aromatic heterocycles. The van der Waals surface area contributed by atoms with Gasteiger partial charge >= 0.3 is 0 Å². The molecule has 0 aliphatic rings. The maximum Gasteiger partial charge on any atom is 0.258 e. The highest BCUT2D eigenvalue weighted by Gasteiger charge is 2.12. The van der Waals surface area contributed by atoms with Crippen molar-refractivity contribution in [2.75, 3.05) is 5.32 Å². The molecule has 0 saturated carbocycles. The normalized spacial score (nSPS) is 9.56. The minimum Gasteiger partial charge on any atom is -0.321 e. The number of para-hydroxylation sites is 1. The average molecular weight is 302 g/mol. The lowest BCUT2D eigenvalue weighted by atomic mass is 10.1. The number of carbonyl (C=O) groups is 1. The summed E-state index contributed by atoms with van der Waals surface area (Å²) < 4.78 is 0.778. The van der Waals surface area contributed by atoms with Gasteiger partial charge in [-0.3, -0.25) is 9.78 Å². The Labute approximate surface area is 112 Å². The van der Waals surface area contributed by atoms with Crippen LogP contribution in [0.25, 0.3) is 0 Å². The SMILES string of the molecule is N#Cc1ccncc1C(=O)Nc1ccccc1Br. The van der Waals surface area contributed by atoms with Crippen molar-refractivity contribution in [1.29, 1.82) is 5.26 Å². The molecule has 1 heterocycles. The van der Waals surface area contributed by atoms with E-state index in [9.17, 15) is 4.79 Å². The number of pyridine rings is 1. The number of nitriles is 1. The van der Waals surface area contributed by atoms with Crippen LogP contribution < -0.4 is 5.32 Å². The van der Waals surface area contributed by atoms with Crippen molar-refractivity contribution in [2.45, 2.75) is 0 Å². The van der Waals surface area contributed by atoms with Gasteiger partial charge in [-0.15, -0.1) is 0 Å². The number of rotatable bonds is 2. The molecule has 0 aliphatic heterocycles. The zero-order valence-electron chi connectivity index (χ0n) is 9.22. The maximum absolute atomic E-state index is 12.0. The van der Waals surface area contributed by atoms with E-state index >= 15 is 0 Å². The van der Waals surface area contributed by atoms with Crippen molar-refractivity contribution in [3.63, 3.8) is 0 Å². The fraction of sp³-hybridized carbons (Fsp3) is 0. The van der Waals surface area contributed by atoms with E-state index in [2.05, 4.69) is 26.2 Å². The number of benzene rings is 1. The Kier molecular flexibility index (Phi) is 3.70. The van der Waals surface area contributed by atoms with Crippen LogP contribution in [0.2, 0.25) is 0 Å². The molecule has 0 fully saturated rings. The number of nitrogens with one attached hydrogen (secondary N) is 1. The number of anilines is 1. The summed E-state index contributed by atoms with van der Waals surface area (Å²) in [6, 6.07) is 10.7. The first-order chi connectivity index (χ1) is 8.72. The molecule has 1 amide bonds. The first kappa shape index (κ1) is 12.3. The molecule has 1 N–H and O–H groups in total. The fourth-order valence-corrected chi connectivity index (χ4v) is 1.81. The molecule has 2 aromatic rings. The van der Waals surface area contributed by atoms with Gasteiger partial charge in [-0.1, -0.05) is 12.1 Å². The van der Waals surface area contributed by atoms with Crippen LogP contribution in [0.1, 0.15) is 15.9 Å². The Morgan fingerprint density at radius 1 is 1.33 bits per heavy atom. The summed E-state index contributed by atoms with van der Waals surface area (Å²) in [6.45, 7) is 0. The van der Waals surface area contributed by atoms with E-state index in [4.69, 9.17) is 5.26 Å². The molecule has 0 spiro atoms. The summed E-state index contributed by atoms with van der Waals surface area (Å²) in [5, 5.41) is 11.6. The molecular formula is C13H8BrN3O. The average Bonchev–Trinajstić information content (AvgIpc) is 2.41. The van der Waals surface area contributed by atoms with Crippen LogP contribution in [-0.4, -0.2) is 10.9 Å². The number of carbonyl (C=O) groups excluding carboxylic acids is 1. The monoisotopic (exact) mass is 301 g/mol. The van der Waals surface area contributed by atoms with E-state index in [-0.39, 0.29) is 11.5 Å². The van der Waals surface area contributed by atoms with Crippen LogP contribution in [0.5, 0.6) is 0 Å². The quantitative estimate of drug-likeness (QED) is 0.927. The van der Waals surface area contributed by atoms with Gasteiger partial charge in [0.05, 0.1) is 16.8 Å². The molecule has 0 radical (unpaired) electrons. The van der Waals surface area contributed by atoms with Gasteiger partial charge in [0.25, 0.3) is 5.91 Å². The topological polar surface area (TPSA) is 65.8 Å². The third kappa shape index (κ3) is 2.55. The van der Waals surface area contributed by atoms with E-state index in [0.717, 1.165) is 4.47 Å². The van der Waals surface area contributed by atoms with Gasteiger partial charge in [0, 0.05) is 16.9 Å². The smallest absolute Gasteiger partial charge is 0.258 e. The number of nitrogens with zero attached hydrogens (tertiary/aromatic N) is 2. The van der Waals surface area contributed by atoms with Gasteiger partial charge < -0.3 is 5.32 Å². The second-order valence-corrected chi connectivity index (χ2v) is 4.32. The third-order valence-electron chi connectivity index (χ3n) is 2.31. The Morgan fingerprint density at radius 2 is 2.11 bits per heavy atom. The Morgan fingerprint density at radius 3 is 2.83 bits per heavy atom. The van der Waals surface area contributed by atoms with E-state index in [1.54, 1.807) is 6.07 Å². The highest BCUT2D eigenvalue weighted by molar-refractivity contribution is 9.10. The number of amides is 1. The Hall–Kier alpha value is -2.19. The zero-order valence-corrected chi connectivity index (χ0v) is 10.8. The lowest BCUT2D eigenvalue weighted by molar-refractivity contribution is 0.102. The standard InChI is InChI=1S/C13H8BrN3O/c14-11-3-1-2-4-12(11)17-13(18)10-8-16-6-5-9(10)7-15/h1-6,8H,(H,17,18). The lowest BCUT2D eigenvalue weighted by Gasteiger charge is -2.07. The largest absolute Gasteiger partial charge is 0.321 e. The summed E-state index contributed by atoms with van der Waals surface area (Å²) in [7, 11) is 0. The molecule has 0 unspecified atom stereocenters. The number of hydrogen-bond donors (Lipinski definition) is 1. The van der Waals surface area contributed by atoms with Gasteiger partial charge in [0.1, 0.15) is 6.07 Å².